The van der Waals surface area contributed by atoms with E-state index >= 15 is 0 Å². The number of hydrogen-bond acceptors (Lipinski definition) is 3. The number of carbonyl (C=O) groups is 1. The largest absolute Gasteiger partial charge is 0.466 e. The van der Waals surface area contributed by atoms with E-state index in [1.807, 2.05) is 19.9 Å². The lowest BCUT2D eigenvalue weighted by atomic mass is 9.80. The SMILES string of the molecule is C=CC1(C)/C(=C/C(=O)OC)COC1C. The lowest BCUT2D eigenvalue weighted by Gasteiger charge is -2.24. The average molecular weight is 196 g/mol. The summed E-state index contributed by atoms with van der Waals surface area (Å²) in [6.45, 7) is 8.22. The highest BCUT2D eigenvalue weighted by Gasteiger charge is 2.39. The van der Waals surface area contributed by atoms with Crippen molar-refractivity contribution in [2.45, 2.75) is 20.0 Å². The van der Waals surface area contributed by atoms with Gasteiger partial charge in [-0.05, 0) is 19.4 Å². The highest BCUT2D eigenvalue weighted by Crippen LogP contribution is 2.39. The van der Waals surface area contributed by atoms with Crippen LogP contribution in [0.25, 0.3) is 0 Å². The number of hydrogen-bond donors (Lipinski definition) is 0. The Morgan fingerprint density at radius 2 is 2.43 bits per heavy atom. The molecular weight excluding hydrogens is 180 g/mol. The van der Waals surface area contributed by atoms with E-state index in [-0.39, 0.29) is 17.5 Å². The summed E-state index contributed by atoms with van der Waals surface area (Å²) < 4.78 is 10.1. The molecule has 0 aromatic heterocycles. The molecule has 0 bridgehead atoms. The van der Waals surface area contributed by atoms with Crippen LogP contribution < -0.4 is 0 Å². The van der Waals surface area contributed by atoms with Gasteiger partial charge in [0.05, 0.1) is 19.8 Å². The van der Waals surface area contributed by atoms with Crippen LogP contribution in [0.1, 0.15) is 13.8 Å². The molecule has 2 unspecified atom stereocenters. The number of ether oxygens (including phenoxy) is 2. The van der Waals surface area contributed by atoms with Gasteiger partial charge in [-0.1, -0.05) is 6.08 Å². The fraction of sp³-hybridized carbons (Fsp3) is 0.545. The van der Waals surface area contributed by atoms with Crippen LogP contribution in [-0.4, -0.2) is 25.8 Å². The van der Waals surface area contributed by atoms with Gasteiger partial charge in [-0.3, -0.25) is 0 Å². The van der Waals surface area contributed by atoms with Crippen LogP contribution in [0.4, 0.5) is 0 Å². The first-order valence-electron chi connectivity index (χ1n) is 4.58. The second-order valence-corrected chi connectivity index (χ2v) is 3.63. The van der Waals surface area contributed by atoms with Crippen LogP contribution in [0.3, 0.4) is 0 Å². The molecule has 1 aliphatic rings. The van der Waals surface area contributed by atoms with E-state index in [9.17, 15) is 4.79 Å². The van der Waals surface area contributed by atoms with Gasteiger partial charge in [0.15, 0.2) is 0 Å². The minimum atomic E-state index is -0.342. The Hall–Kier alpha value is -1.09. The summed E-state index contributed by atoms with van der Waals surface area (Å²) >= 11 is 0. The van der Waals surface area contributed by atoms with Crippen LogP contribution in [0, 0.1) is 5.41 Å². The number of carbonyl (C=O) groups excluding carboxylic acids is 1. The molecule has 1 aliphatic heterocycles. The van der Waals surface area contributed by atoms with Gasteiger partial charge >= 0.3 is 5.97 Å². The summed E-state index contributed by atoms with van der Waals surface area (Å²) in [5.74, 6) is -0.342. The van der Waals surface area contributed by atoms with Crippen molar-refractivity contribution >= 4 is 5.97 Å². The Kier molecular flexibility index (Phi) is 3.11. The Labute approximate surface area is 84.4 Å². The molecule has 0 saturated carbocycles. The third-order valence-electron chi connectivity index (χ3n) is 2.94. The monoisotopic (exact) mass is 196 g/mol. The Morgan fingerprint density at radius 1 is 1.79 bits per heavy atom. The van der Waals surface area contributed by atoms with Gasteiger partial charge in [-0.15, -0.1) is 6.58 Å². The molecule has 3 heteroatoms. The molecule has 1 fully saturated rings. The van der Waals surface area contributed by atoms with Crippen molar-refractivity contribution in [3.63, 3.8) is 0 Å². The summed E-state index contributed by atoms with van der Waals surface area (Å²) in [6, 6.07) is 0. The Bertz CT molecular complexity index is 280. The molecule has 3 nitrogen and oxygen atoms in total. The zero-order valence-corrected chi connectivity index (χ0v) is 8.87. The molecule has 1 rings (SSSR count). The maximum atomic E-state index is 11.1. The third-order valence-corrected chi connectivity index (χ3v) is 2.94. The minimum Gasteiger partial charge on any atom is -0.466 e. The second kappa shape index (κ2) is 3.96. The van der Waals surface area contributed by atoms with Gasteiger partial charge in [0, 0.05) is 11.5 Å². The van der Waals surface area contributed by atoms with Crippen LogP contribution in [-0.2, 0) is 14.3 Å². The van der Waals surface area contributed by atoms with Crippen LogP contribution in [0.5, 0.6) is 0 Å². The molecule has 0 radical (unpaired) electrons. The van der Waals surface area contributed by atoms with Gasteiger partial charge < -0.3 is 9.47 Å². The van der Waals surface area contributed by atoms with Crippen molar-refractivity contribution in [3.05, 3.63) is 24.3 Å². The molecule has 0 amide bonds. The first-order valence-corrected chi connectivity index (χ1v) is 4.58. The first-order chi connectivity index (χ1) is 6.54. The van der Waals surface area contributed by atoms with Crippen LogP contribution >= 0.6 is 0 Å². The van der Waals surface area contributed by atoms with Crippen molar-refractivity contribution < 1.29 is 14.3 Å². The van der Waals surface area contributed by atoms with Crippen molar-refractivity contribution in [1.82, 2.24) is 0 Å². The van der Waals surface area contributed by atoms with E-state index < -0.39 is 0 Å². The number of methoxy groups -OCH3 is 1. The molecular formula is C11H16O3. The highest BCUT2D eigenvalue weighted by atomic mass is 16.5. The van der Waals surface area contributed by atoms with Gasteiger partial charge in [-0.2, -0.15) is 0 Å². The maximum absolute atomic E-state index is 11.1. The smallest absolute Gasteiger partial charge is 0.330 e. The van der Waals surface area contributed by atoms with E-state index in [0.29, 0.717) is 6.61 Å². The fourth-order valence-corrected chi connectivity index (χ4v) is 1.50. The van der Waals surface area contributed by atoms with E-state index in [4.69, 9.17) is 4.74 Å². The zero-order valence-electron chi connectivity index (χ0n) is 8.87. The quantitative estimate of drug-likeness (QED) is 0.383. The summed E-state index contributed by atoms with van der Waals surface area (Å²) in [4.78, 5) is 11.1. The van der Waals surface area contributed by atoms with Crippen molar-refractivity contribution in [1.29, 1.82) is 0 Å². The lowest BCUT2D eigenvalue weighted by molar-refractivity contribution is -0.134. The molecule has 78 valence electrons. The van der Waals surface area contributed by atoms with E-state index in [0.717, 1.165) is 5.57 Å². The summed E-state index contributed by atoms with van der Waals surface area (Å²) in [6.07, 6.45) is 3.36. The van der Waals surface area contributed by atoms with Gasteiger partial charge in [0.1, 0.15) is 0 Å². The number of rotatable bonds is 2. The molecule has 0 spiro atoms. The Balaban J connectivity index is 2.95. The summed E-state index contributed by atoms with van der Waals surface area (Å²) in [7, 11) is 1.36. The molecule has 0 aromatic carbocycles. The maximum Gasteiger partial charge on any atom is 0.330 e. The lowest BCUT2D eigenvalue weighted by Crippen LogP contribution is -2.24. The van der Waals surface area contributed by atoms with Crippen molar-refractivity contribution in [2.24, 2.45) is 5.41 Å². The molecule has 0 aliphatic carbocycles. The van der Waals surface area contributed by atoms with Crippen LogP contribution in [0.15, 0.2) is 24.3 Å². The zero-order chi connectivity index (χ0) is 10.8. The Morgan fingerprint density at radius 3 is 2.93 bits per heavy atom. The first kappa shape index (κ1) is 11.0. The van der Waals surface area contributed by atoms with E-state index in [1.165, 1.54) is 13.2 Å². The van der Waals surface area contributed by atoms with E-state index in [2.05, 4.69) is 11.3 Å². The molecule has 1 saturated heterocycles. The van der Waals surface area contributed by atoms with Gasteiger partial charge in [-0.25, -0.2) is 4.79 Å². The average Bonchev–Trinajstić information content (AvgIpc) is 2.46. The molecule has 1 heterocycles. The standard InChI is InChI=1S/C11H16O3/c1-5-11(3)8(2)14-7-9(11)6-10(12)13-4/h5-6,8H,1,7H2,2-4H3/b9-6+. The van der Waals surface area contributed by atoms with Crippen molar-refractivity contribution in [3.8, 4) is 0 Å². The van der Waals surface area contributed by atoms with Gasteiger partial charge in [0.2, 0.25) is 0 Å². The summed E-state index contributed by atoms with van der Waals surface area (Å²) in [5, 5.41) is 0. The predicted molar refractivity (Wildman–Crippen MR) is 53.8 cm³/mol. The second-order valence-electron chi connectivity index (χ2n) is 3.63. The van der Waals surface area contributed by atoms with Crippen molar-refractivity contribution in [2.75, 3.05) is 13.7 Å². The summed E-state index contributed by atoms with van der Waals surface area (Å²) in [5.41, 5.74) is 0.667. The molecule has 14 heavy (non-hydrogen) atoms. The fourth-order valence-electron chi connectivity index (χ4n) is 1.50. The van der Waals surface area contributed by atoms with E-state index in [1.54, 1.807) is 0 Å². The predicted octanol–water partition coefficient (Wildman–Crippen LogP) is 1.70. The minimum absolute atomic E-state index is 0.0518. The highest BCUT2D eigenvalue weighted by molar-refractivity contribution is 5.83. The number of esters is 1. The molecule has 0 N–H and O–H groups in total. The third kappa shape index (κ3) is 1.73. The normalized spacial score (nSPS) is 34.5. The molecule has 0 aromatic rings. The topological polar surface area (TPSA) is 35.5 Å². The van der Waals surface area contributed by atoms with Gasteiger partial charge in [0.25, 0.3) is 0 Å². The molecule has 2 atom stereocenters. The van der Waals surface area contributed by atoms with Crippen LogP contribution in [0.2, 0.25) is 0 Å².